The van der Waals surface area contributed by atoms with Crippen molar-refractivity contribution in [2.24, 2.45) is 5.92 Å². The van der Waals surface area contributed by atoms with Gasteiger partial charge in [0.05, 0.1) is 35.6 Å². The Morgan fingerprint density at radius 2 is 2.00 bits per heavy atom. The van der Waals surface area contributed by atoms with E-state index in [0.717, 1.165) is 18.6 Å². The number of sulfone groups is 1. The van der Waals surface area contributed by atoms with Crippen LogP contribution in [0.15, 0.2) is 10.6 Å². The van der Waals surface area contributed by atoms with Gasteiger partial charge in [-0.3, -0.25) is 9.59 Å². The van der Waals surface area contributed by atoms with Gasteiger partial charge in [0.15, 0.2) is 15.6 Å². The Labute approximate surface area is 160 Å². The predicted octanol–water partition coefficient (Wildman–Crippen LogP) is 1.90. The quantitative estimate of drug-likeness (QED) is 0.771. The van der Waals surface area contributed by atoms with Crippen LogP contribution in [0.2, 0.25) is 0 Å². The average Bonchev–Trinajstić information content (AvgIpc) is 3.20. The number of nitrogens with zero attached hydrogens (tertiary/aromatic N) is 2. The maximum absolute atomic E-state index is 12.9. The van der Waals surface area contributed by atoms with Crippen molar-refractivity contribution in [3.63, 3.8) is 0 Å². The minimum Gasteiger partial charge on any atom is -0.361 e. The van der Waals surface area contributed by atoms with Crippen LogP contribution in [-0.2, 0) is 31.3 Å². The summed E-state index contributed by atoms with van der Waals surface area (Å²) in [5.74, 6) is -0.0745. The molecule has 0 aliphatic carbocycles. The zero-order valence-electron chi connectivity index (χ0n) is 16.2. The monoisotopic (exact) mass is 396 g/mol. The van der Waals surface area contributed by atoms with Gasteiger partial charge in [-0.2, -0.15) is 0 Å². The Bertz CT molecular complexity index is 821. The fourth-order valence-electron chi connectivity index (χ4n) is 3.80. The van der Waals surface area contributed by atoms with E-state index in [9.17, 15) is 18.0 Å². The van der Waals surface area contributed by atoms with Gasteiger partial charge in [0, 0.05) is 18.0 Å². The minimum absolute atomic E-state index is 0.0577. The van der Waals surface area contributed by atoms with Gasteiger partial charge in [-0.05, 0) is 25.7 Å². The lowest BCUT2D eigenvalue weighted by Crippen LogP contribution is -2.50. The molecule has 0 bridgehead atoms. The number of carbonyl (C=O) groups excluding carboxylic acids is 2. The molecule has 0 saturated carbocycles. The maximum atomic E-state index is 12.9. The smallest absolute Gasteiger partial charge is 0.227 e. The van der Waals surface area contributed by atoms with Crippen molar-refractivity contribution in [1.82, 2.24) is 10.1 Å². The molecule has 0 N–H and O–H groups in total. The lowest BCUT2D eigenvalue weighted by molar-refractivity contribution is -0.143. The van der Waals surface area contributed by atoms with E-state index in [-0.39, 0.29) is 35.0 Å². The highest BCUT2D eigenvalue weighted by atomic mass is 32.2. The molecule has 0 spiro atoms. The van der Waals surface area contributed by atoms with Crippen LogP contribution < -0.4 is 0 Å². The first-order chi connectivity index (χ1) is 12.6. The summed E-state index contributed by atoms with van der Waals surface area (Å²) >= 11 is 0. The Hall–Kier alpha value is -1.70. The number of hydrogen-bond donors (Lipinski definition) is 0. The molecule has 1 unspecified atom stereocenters. The van der Waals surface area contributed by atoms with Crippen LogP contribution in [0.1, 0.15) is 57.9 Å². The van der Waals surface area contributed by atoms with Gasteiger partial charge >= 0.3 is 0 Å². The van der Waals surface area contributed by atoms with Crippen LogP contribution in [0.25, 0.3) is 0 Å². The summed E-state index contributed by atoms with van der Waals surface area (Å²) in [5, 5.41) is 4.01. The first kappa shape index (κ1) is 20.0. The second kappa shape index (κ2) is 7.37. The molecular weight excluding hydrogens is 368 g/mol. The first-order valence-electron chi connectivity index (χ1n) is 9.56. The largest absolute Gasteiger partial charge is 0.361 e. The molecule has 2 aliphatic heterocycles. The summed E-state index contributed by atoms with van der Waals surface area (Å²) in [6, 6.07) is 1.31. The van der Waals surface area contributed by atoms with Crippen molar-refractivity contribution in [2.45, 2.75) is 64.3 Å². The van der Waals surface area contributed by atoms with Crippen LogP contribution >= 0.6 is 0 Å². The van der Waals surface area contributed by atoms with E-state index in [1.807, 2.05) is 20.8 Å². The molecule has 1 aromatic heterocycles. The fourth-order valence-corrected chi connectivity index (χ4v) is 5.53. The molecule has 2 saturated heterocycles. The number of amides is 1. The zero-order chi connectivity index (χ0) is 19.8. The fraction of sp³-hybridized carbons (Fsp3) is 0.737. The summed E-state index contributed by atoms with van der Waals surface area (Å²) in [5.41, 5.74) is 0.390. The van der Waals surface area contributed by atoms with Crippen LogP contribution in [0.3, 0.4) is 0 Å². The summed E-state index contributed by atoms with van der Waals surface area (Å²) in [4.78, 5) is 27.4. The van der Waals surface area contributed by atoms with Crippen molar-refractivity contribution in [3.8, 4) is 0 Å². The number of carbonyl (C=O) groups is 2. The Morgan fingerprint density at radius 3 is 2.59 bits per heavy atom. The van der Waals surface area contributed by atoms with Crippen molar-refractivity contribution >= 4 is 21.5 Å². The molecule has 0 radical (unpaired) electrons. The SMILES string of the molecule is CC(C)(C)c1cc(CC(=O)[C@@H]2CCCCN2C(=O)C2CCS(=O)(=O)C2)no1. The number of ketones is 1. The lowest BCUT2D eigenvalue weighted by atomic mass is 9.91. The number of likely N-dealkylation sites (tertiary alicyclic amines) is 1. The number of aromatic nitrogens is 1. The number of hydrogen-bond acceptors (Lipinski definition) is 6. The molecule has 0 aromatic carbocycles. The van der Waals surface area contributed by atoms with Crippen LogP contribution in [0.4, 0.5) is 0 Å². The van der Waals surface area contributed by atoms with E-state index in [0.29, 0.717) is 25.1 Å². The van der Waals surface area contributed by atoms with Crippen molar-refractivity contribution < 1.29 is 22.5 Å². The highest BCUT2D eigenvalue weighted by Gasteiger charge is 2.40. The molecule has 8 heteroatoms. The summed E-state index contributed by atoms with van der Waals surface area (Å²) in [6.45, 7) is 6.54. The van der Waals surface area contributed by atoms with Gasteiger partial charge in [-0.1, -0.05) is 25.9 Å². The molecule has 3 heterocycles. The number of Topliss-reactive ketones (excluding diaryl/α,β-unsaturated/α-hetero) is 1. The molecule has 150 valence electrons. The van der Waals surface area contributed by atoms with Crippen molar-refractivity contribution in [1.29, 1.82) is 0 Å². The van der Waals surface area contributed by atoms with Gasteiger partial charge in [0.25, 0.3) is 0 Å². The molecule has 1 amide bonds. The van der Waals surface area contributed by atoms with E-state index >= 15 is 0 Å². The van der Waals surface area contributed by atoms with Crippen LogP contribution in [0.5, 0.6) is 0 Å². The molecule has 1 aromatic rings. The van der Waals surface area contributed by atoms with Gasteiger partial charge in [-0.25, -0.2) is 8.42 Å². The molecular formula is C19H28N2O5S. The number of rotatable bonds is 4. The standard InChI is InChI=1S/C19H28N2O5S/c1-19(2,3)17-11-14(20-26-17)10-16(22)15-6-4-5-8-21(15)18(23)13-7-9-27(24,25)12-13/h11,13,15H,4-10,12H2,1-3H3/t13?,15-/m0/s1. The van der Waals surface area contributed by atoms with E-state index in [1.54, 1.807) is 11.0 Å². The molecule has 7 nitrogen and oxygen atoms in total. The molecule has 2 atom stereocenters. The van der Waals surface area contributed by atoms with Gasteiger partial charge in [-0.15, -0.1) is 0 Å². The topological polar surface area (TPSA) is 97.6 Å². The van der Waals surface area contributed by atoms with E-state index in [2.05, 4.69) is 5.16 Å². The van der Waals surface area contributed by atoms with Gasteiger partial charge in [0.2, 0.25) is 5.91 Å². The zero-order valence-corrected chi connectivity index (χ0v) is 17.0. The minimum atomic E-state index is -3.13. The molecule has 3 rings (SSSR count). The highest BCUT2D eigenvalue weighted by molar-refractivity contribution is 7.91. The van der Waals surface area contributed by atoms with E-state index < -0.39 is 21.8 Å². The normalized spacial score (nSPS) is 25.5. The van der Waals surface area contributed by atoms with Crippen molar-refractivity contribution in [3.05, 3.63) is 17.5 Å². The summed E-state index contributed by atoms with van der Waals surface area (Å²) in [7, 11) is -3.13. The molecule has 27 heavy (non-hydrogen) atoms. The summed E-state index contributed by atoms with van der Waals surface area (Å²) in [6.07, 6.45) is 2.82. The van der Waals surface area contributed by atoms with Gasteiger partial charge in [0.1, 0.15) is 5.76 Å². The third-order valence-corrected chi connectivity index (χ3v) is 7.16. The van der Waals surface area contributed by atoms with Crippen molar-refractivity contribution in [2.75, 3.05) is 18.1 Å². The van der Waals surface area contributed by atoms with E-state index in [4.69, 9.17) is 4.52 Å². The third-order valence-electron chi connectivity index (χ3n) is 5.39. The van der Waals surface area contributed by atoms with Crippen LogP contribution in [0, 0.1) is 5.92 Å². The Kier molecular flexibility index (Phi) is 5.47. The van der Waals surface area contributed by atoms with E-state index in [1.165, 1.54) is 0 Å². The maximum Gasteiger partial charge on any atom is 0.227 e. The van der Waals surface area contributed by atoms with Crippen LogP contribution in [-0.4, -0.2) is 54.3 Å². The molecule has 2 fully saturated rings. The van der Waals surface area contributed by atoms with Gasteiger partial charge < -0.3 is 9.42 Å². The Morgan fingerprint density at radius 1 is 1.26 bits per heavy atom. The third kappa shape index (κ3) is 4.59. The molecule has 2 aliphatic rings. The second-order valence-electron chi connectivity index (χ2n) is 8.72. The summed E-state index contributed by atoms with van der Waals surface area (Å²) < 4.78 is 28.8. The highest BCUT2D eigenvalue weighted by Crippen LogP contribution is 2.27. The Balaban J connectivity index is 1.70. The first-order valence-corrected chi connectivity index (χ1v) is 11.4. The average molecular weight is 397 g/mol. The lowest BCUT2D eigenvalue weighted by Gasteiger charge is -2.36. The second-order valence-corrected chi connectivity index (χ2v) is 10.9. The number of piperidine rings is 1. The predicted molar refractivity (Wildman–Crippen MR) is 100 cm³/mol.